The summed E-state index contributed by atoms with van der Waals surface area (Å²) in [5.41, 5.74) is 6.72. The molecule has 2 N–H and O–H groups in total. The first-order valence-electron chi connectivity index (χ1n) is 8.12. The van der Waals surface area contributed by atoms with Gasteiger partial charge >= 0.3 is 0 Å². The summed E-state index contributed by atoms with van der Waals surface area (Å²) in [4.78, 5) is 11.0. The number of amides is 1. The lowest BCUT2D eigenvalue weighted by Gasteiger charge is -2.32. The standard InChI is InChI=1S/C20H29NO2/c1-15(8-6-9-16(2)14-19(22)21-23)11-12-18-17(3)10-7-13-20(18,4)5/h6,8-9,11-12,14,23H,7,10,13H2,1-5H3,(H,21,22)/b9-6+,12-11+,15-8+,16-14-. The minimum absolute atomic E-state index is 0.256. The summed E-state index contributed by atoms with van der Waals surface area (Å²) < 4.78 is 0. The summed E-state index contributed by atoms with van der Waals surface area (Å²) in [5.74, 6) is -0.519. The molecule has 0 saturated carbocycles. The van der Waals surface area contributed by atoms with E-state index in [0.717, 1.165) is 11.1 Å². The molecular formula is C20H29NO2. The number of hydrogen-bond acceptors (Lipinski definition) is 2. The van der Waals surface area contributed by atoms with Gasteiger partial charge in [-0.25, -0.2) is 5.48 Å². The largest absolute Gasteiger partial charge is 0.288 e. The molecule has 0 radical (unpaired) electrons. The molecule has 0 spiro atoms. The van der Waals surface area contributed by atoms with Crippen molar-refractivity contribution in [1.82, 2.24) is 5.48 Å². The van der Waals surface area contributed by atoms with Gasteiger partial charge < -0.3 is 0 Å². The molecule has 0 heterocycles. The lowest BCUT2D eigenvalue weighted by molar-refractivity contribution is -0.124. The van der Waals surface area contributed by atoms with Crippen LogP contribution in [0, 0.1) is 5.41 Å². The second kappa shape index (κ2) is 8.68. The molecule has 1 rings (SSSR count). The average molecular weight is 315 g/mol. The fraction of sp³-hybridized carbons (Fsp3) is 0.450. The minimum atomic E-state index is -0.519. The zero-order valence-electron chi connectivity index (χ0n) is 14.9. The highest BCUT2D eigenvalue weighted by Gasteiger charge is 2.26. The van der Waals surface area contributed by atoms with Gasteiger partial charge in [0.1, 0.15) is 0 Å². The monoisotopic (exact) mass is 315 g/mol. The van der Waals surface area contributed by atoms with Crippen LogP contribution in [0.2, 0.25) is 0 Å². The van der Waals surface area contributed by atoms with Gasteiger partial charge in [-0.05, 0) is 56.6 Å². The second-order valence-corrected chi connectivity index (χ2v) is 6.90. The Balaban J connectivity index is 2.77. The van der Waals surface area contributed by atoms with E-state index in [1.165, 1.54) is 36.5 Å². The highest BCUT2D eigenvalue weighted by atomic mass is 16.5. The van der Waals surface area contributed by atoms with Crippen LogP contribution in [0.3, 0.4) is 0 Å². The molecule has 0 aromatic carbocycles. The predicted molar refractivity (Wildman–Crippen MR) is 96.1 cm³/mol. The Morgan fingerprint density at radius 3 is 2.52 bits per heavy atom. The molecule has 3 nitrogen and oxygen atoms in total. The highest BCUT2D eigenvalue weighted by molar-refractivity contribution is 5.87. The molecule has 0 aliphatic heterocycles. The van der Waals surface area contributed by atoms with Crippen molar-refractivity contribution in [2.75, 3.05) is 0 Å². The van der Waals surface area contributed by atoms with E-state index < -0.39 is 5.91 Å². The van der Waals surface area contributed by atoms with E-state index in [9.17, 15) is 4.79 Å². The lowest BCUT2D eigenvalue weighted by Crippen LogP contribution is -2.19. The van der Waals surface area contributed by atoms with Crippen LogP contribution in [0.4, 0.5) is 0 Å². The Labute approximate surface area is 140 Å². The van der Waals surface area contributed by atoms with Crippen LogP contribution in [-0.2, 0) is 4.79 Å². The summed E-state index contributed by atoms with van der Waals surface area (Å²) in [7, 11) is 0. The zero-order chi connectivity index (χ0) is 17.5. The maximum Gasteiger partial charge on any atom is 0.267 e. The summed E-state index contributed by atoms with van der Waals surface area (Å²) >= 11 is 0. The van der Waals surface area contributed by atoms with E-state index in [-0.39, 0.29) is 5.41 Å². The summed E-state index contributed by atoms with van der Waals surface area (Å²) in [6, 6.07) is 0. The number of rotatable bonds is 5. The molecule has 0 unspecified atom stereocenters. The number of carbonyl (C=O) groups excluding carboxylic acids is 1. The van der Waals surface area contributed by atoms with Crippen LogP contribution >= 0.6 is 0 Å². The van der Waals surface area contributed by atoms with Crippen molar-refractivity contribution < 1.29 is 10.0 Å². The smallest absolute Gasteiger partial charge is 0.267 e. The molecule has 1 amide bonds. The van der Waals surface area contributed by atoms with E-state index in [1.807, 2.05) is 25.2 Å². The number of hydroxylamine groups is 1. The van der Waals surface area contributed by atoms with E-state index in [2.05, 4.69) is 39.8 Å². The van der Waals surface area contributed by atoms with Crippen molar-refractivity contribution in [3.63, 3.8) is 0 Å². The number of carbonyl (C=O) groups is 1. The first-order valence-corrected chi connectivity index (χ1v) is 8.12. The van der Waals surface area contributed by atoms with Gasteiger partial charge in [-0.3, -0.25) is 10.0 Å². The molecule has 3 heteroatoms. The van der Waals surface area contributed by atoms with Crippen LogP contribution in [-0.4, -0.2) is 11.1 Å². The normalized spacial score (nSPS) is 19.7. The van der Waals surface area contributed by atoms with Crippen molar-refractivity contribution in [3.8, 4) is 0 Å². The van der Waals surface area contributed by atoms with Crippen LogP contribution in [0.25, 0.3) is 0 Å². The Morgan fingerprint density at radius 1 is 1.22 bits per heavy atom. The van der Waals surface area contributed by atoms with Gasteiger partial charge in [-0.1, -0.05) is 55.4 Å². The lowest BCUT2D eigenvalue weighted by atomic mass is 9.72. The molecule has 1 aliphatic carbocycles. The third-order valence-electron chi connectivity index (χ3n) is 4.24. The maximum absolute atomic E-state index is 11.0. The fourth-order valence-electron chi connectivity index (χ4n) is 2.92. The van der Waals surface area contributed by atoms with Gasteiger partial charge in [0.05, 0.1) is 0 Å². The molecule has 0 atom stereocenters. The highest BCUT2D eigenvalue weighted by Crippen LogP contribution is 2.40. The Morgan fingerprint density at radius 2 is 1.91 bits per heavy atom. The molecule has 126 valence electrons. The van der Waals surface area contributed by atoms with Gasteiger partial charge in [-0.15, -0.1) is 0 Å². The summed E-state index contributed by atoms with van der Waals surface area (Å²) in [6.45, 7) is 10.7. The molecule has 23 heavy (non-hydrogen) atoms. The number of allylic oxidation sites excluding steroid dienone is 9. The zero-order valence-corrected chi connectivity index (χ0v) is 14.9. The Bertz CT molecular complexity index is 587. The summed E-state index contributed by atoms with van der Waals surface area (Å²) in [6.07, 6.45) is 15.2. The molecule has 0 bridgehead atoms. The first-order chi connectivity index (χ1) is 10.8. The topological polar surface area (TPSA) is 49.3 Å². The van der Waals surface area contributed by atoms with E-state index in [1.54, 1.807) is 5.48 Å². The predicted octanol–water partition coefficient (Wildman–Crippen LogP) is 5.02. The van der Waals surface area contributed by atoms with Gasteiger partial charge in [0.25, 0.3) is 5.91 Å². The van der Waals surface area contributed by atoms with Crippen molar-refractivity contribution in [2.24, 2.45) is 5.41 Å². The van der Waals surface area contributed by atoms with E-state index in [4.69, 9.17) is 5.21 Å². The molecule has 0 fully saturated rings. The van der Waals surface area contributed by atoms with E-state index >= 15 is 0 Å². The molecule has 0 aromatic rings. The number of nitrogens with one attached hydrogen (secondary N) is 1. The average Bonchev–Trinajstić information content (AvgIpc) is 2.45. The Hall–Kier alpha value is -1.87. The van der Waals surface area contributed by atoms with Crippen LogP contribution in [0.5, 0.6) is 0 Å². The molecule has 1 aliphatic rings. The van der Waals surface area contributed by atoms with Crippen molar-refractivity contribution in [1.29, 1.82) is 0 Å². The second-order valence-electron chi connectivity index (χ2n) is 6.90. The van der Waals surface area contributed by atoms with Crippen LogP contribution < -0.4 is 5.48 Å². The van der Waals surface area contributed by atoms with Crippen LogP contribution in [0.1, 0.15) is 53.9 Å². The molecule has 0 saturated heterocycles. The Kier molecular flexibility index (Phi) is 7.24. The molecule has 0 aromatic heterocycles. The van der Waals surface area contributed by atoms with Gasteiger partial charge in [0, 0.05) is 6.08 Å². The third kappa shape index (κ3) is 6.41. The SMILES string of the molecule is CC1=C(/C=C/C(C)=C/C=C/C(C)=C\C(=O)NO)C(C)(C)CCC1. The third-order valence-corrected chi connectivity index (χ3v) is 4.24. The van der Waals surface area contributed by atoms with Gasteiger partial charge in [-0.2, -0.15) is 0 Å². The molecular weight excluding hydrogens is 286 g/mol. The van der Waals surface area contributed by atoms with Crippen molar-refractivity contribution >= 4 is 5.91 Å². The minimum Gasteiger partial charge on any atom is -0.288 e. The van der Waals surface area contributed by atoms with Gasteiger partial charge in [0.15, 0.2) is 0 Å². The fourth-order valence-corrected chi connectivity index (χ4v) is 2.92. The maximum atomic E-state index is 11.0. The van der Waals surface area contributed by atoms with E-state index in [0.29, 0.717) is 0 Å². The quantitative estimate of drug-likeness (QED) is 0.324. The number of hydrogen-bond donors (Lipinski definition) is 2. The van der Waals surface area contributed by atoms with Gasteiger partial charge in [0.2, 0.25) is 0 Å². The summed E-state index contributed by atoms with van der Waals surface area (Å²) in [5, 5.41) is 8.46. The first kappa shape index (κ1) is 19.2. The van der Waals surface area contributed by atoms with Crippen molar-refractivity contribution in [3.05, 3.63) is 58.7 Å². The van der Waals surface area contributed by atoms with Crippen molar-refractivity contribution in [2.45, 2.75) is 53.9 Å². The van der Waals surface area contributed by atoms with Crippen LogP contribution in [0.15, 0.2) is 58.7 Å².